The second-order valence-corrected chi connectivity index (χ2v) is 3.93. The van der Waals surface area contributed by atoms with Crippen molar-refractivity contribution in [1.29, 1.82) is 0 Å². The summed E-state index contributed by atoms with van der Waals surface area (Å²) >= 11 is 0. The van der Waals surface area contributed by atoms with Crippen LogP contribution in [0.1, 0.15) is 15.9 Å². The first-order chi connectivity index (χ1) is 10.0. The van der Waals surface area contributed by atoms with Crippen molar-refractivity contribution in [3.63, 3.8) is 0 Å². The van der Waals surface area contributed by atoms with Gasteiger partial charge >= 0.3 is 24.0 Å². The Bertz CT molecular complexity index is 653. The molecular weight excluding hydrogens is 278 g/mol. The Labute approximate surface area is 120 Å². The fourth-order valence-electron chi connectivity index (χ4n) is 1.60. The van der Waals surface area contributed by atoms with E-state index in [2.05, 4.69) is 15.0 Å². The molecule has 8 heteroatoms. The minimum atomic E-state index is -1.04. The molecule has 0 aliphatic rings. The van der Waals surface area contributed by atoms with Crippen molar-refractivity contribution in [2.45, 2.75) is 6.92 Å². The molecule has 8 nitrogen and oxygen atoms in total. The van der Waals surface area contributed by atoms with Gasteiger partial charge < -0.3 is 19.3 Å². The molecule has 0 spiro atoms. The zero-order valence-corrected chi connectivity index (χ0v) is 11.7. The number of rotatable bonds is 5. The van der Waals surface area contributed by atoms with E-state index in [-0.39, 0.29) is 23.6 Å². The highest BCUT2D eigenvalue weighted by Gasteiger charge is 2.14. The minimum Gasteiger partial charge on any atom is -0.478 e. The SMILES string of the molecule is COc1nc(OC)nc(Oc2cccc(C(=O)O)c2C)n1. The first-order valence-electron chi connectivity index (χ1n) is 5.90. The fourth-order valence-corrected chi connectivity index (χ4v) is 1.60. The lowest BCUT2D eigenvalue weighted by Gasteiger charge is -2.10. The third-order valence-electron chi connectivity index (χ3n) is 2.65. The van der Waals surface area contributed by atoms with Gasteiger partial charge in [0.2, 0.25) is 0 Å². The fraction of sp³-hybridized carbons (Fsp3) is 0.231. The summed E-state index contributed by atoms with van der Waals surface area (Å²) in [6.07, 6.45) is 0. The van der Waals surface area contributed by atoms with Crippen molar-refractivity contribution < 1.29 is 24.1 Å². The summed E-state index contributed by atoms with van der Waals surface area (Å²) in [4.78, 5) is 22.8. The number of carbonyl (C=O) groups is 1. The largest absolute Gasteiger partial charge is 0.478 e. The van der Waals surface area contributed by atoms with Crippen molar-refractivity contribution in [3.05, 3.63) is 29.3 Å². The van der Waals surface area contributed by atoms with Gasteiger partial charge in [-0.1, -0.05) is 6.07 Å². The quantitative estimate of drug-likeness (QED) is 0.887. The van der Waals surface area contributed by atoms with E-state index < -0.39 is 5.97 Å². The first kappa shape index (κ1) is 14.5. The molecule has 0 atom stereocenters. The average molecular weight is 291 g/mol. The molecule has 0 bridgehead atoms. The van der Waals surface area contributed by atoms with E-state index in [0.717, 1.165) is 0 Å². The normalized spacial score (nSPS) is 10.0. The molecule has 0 amide bonds. The lowest BCUT2D eigenvalue weighted by molar-refractivity contribution is 0.0695. The van der Waals surface area contributed by atoms with Gasteiger partial charge in [-0.25, -0.2) is 4.79 Å². The smallest absolute Gasteiger partial charge is 0.336 e. The number of nitrogens with zero attached hydrogens (tertiary/aromatic N) is 3. The number of carboxylic acids is 1. The Morgan fingerprint density at radius 2 is 1.62 bits per heavy atom. The van der Waals surface area contributed by atoms with Gasteiger partial charge in [-0.05, 0) is 19.1 Å². The van der Waals surface area contributed by atoms with Gasteiger partial charge in [-0.15, -0.1) is 15.0 Å². The van der Waals surface area contributed by atoms with Crippen LogP contribution in [0.3, 0.4) is 0 Å². The zero-order chi connectivity index (χ0) is 15.4. The van der Waals surface area contributed by atoms with Crippen molar-refractivity contribution in [1.82, 2.24) is 15.0 Å². The predicted molar refractivity (Wildman–Crippen MR) is 71.1 cm³/mol. The molecular formula is C13H13N3O5. The number of benzene rings is 1. The van der Waals surface area contributed by atoms with Crippen molar-refractivity contribution in [2.75, 3.05) is 14.2 Å². The highest BCUT2D eigenvalue weighted by Crippen LogP contribution is 2.26. The number of carboxylic acid groups (broad SMARTS) is 1. The summed E-state index contributed by atoms with van der Waals surface area (Å²) in [5, 5.41) is 9.08. The molecule has 0 unspecified atom stereocenters. The van der Waals surface area contributed by atoms with Crippen molar-refractivity contribution >= 4 is 5.97 Å². The van der Waals surface area contributed by atoms with Crippen LogP contribution in [-0.2, 0) is 0 Å². The van der Waals surface area contributed by atoms with E-state index in [1.54, 1.807) is 19.1 Å². The second-order valence-electron chi connectivity index (χ2n) is 3.93. The molecule has 1 aromatic carbocycles. The summed E-state index contributed by atoms with van der Waals surface area (Å²) in [7, 11) is 2.80. The second kappa shape index (κ2) is 6.04. The van der Waals surface area contributed by atoms with E-state index in [9.17, 15) is 4.79 Å². The number of hydrogen-bond donors (Lipinski definition) is 1. The van der Waals surface area contributed by atoms with Crippen molar-refractivity contribution in [2.24, 2.45) is 0 Å². The molecule has 1 N–H and O–H groups in total. The molecule has 0 saturated heterocycles. The molecule has 1 aromatic heterocycles. The molecule has 110 valence electrons. The average Bonchev–Trinajstić information content (AvgIpc) is 2.48. The maximum absolute atomic E-state index is 11.1. The zero-order valence-electron chi connectivity index (χ0n) is 11.7. The van der Waals surface area contributed by atoms with Crippen LogP contribution in [0.15, 0.2) is 18.2 Å². The Kier molecular flexibility index (Phi) is 4.17. The summed E-state index contributed by atoms with van der Waals surface area (Å²) in [5.41, 5.74) is 0.601. The molecule has 0 aliphatic heterocycles. The van der Waals surface area contributed by atoms with Crippen LogP contribution < -0.4 is 14.2 Å². The highest BCUT2D eigenvalue weighted by atomic mass is 16.5. The van der Waals surface area contributed by atoms with Crippen LogP contribution >= 0.6 is 0 Å². The Balaban J connectivity index is 2.38. The Morgan fingerprint density at radius 3 is 2.14 bits per heavy atom. The summed E-state index contributed by atoms with van der Waals surface area (Å²) in [5.74, 6) is -0.714. The van der Waals surface area contributed by atoms with Crippen LogP contribution in [0.4, 0.5) is 0 Å². The topological polar surface area (TPSA) is 104 Å². The number of hydrogen-bond acceptors (Lipinski definition) is 7. The van der Waals surface area contributed by atoms with Crippen LogP contribution in [0, 0.1) is 6.92 Å². The van der Waals surface area contributed by atoms with E-state index in [1.165, 1.54) is 20.3 Å². The van der Waals surface area contributed by atoms with Gasteiger partial charge in [-0.3, -0.25) is 0 Å². The van der Waals surface area contributed by atoms with Gasteiger partial charge in [0.15, 0.2) is 0 Å². The minimum absolute atomic E-state index is 0.0314. The number of aromatic nitrogens is 3. The number of ether oxygens (including phenoxy) is 3. The molecule has 0 aliphatic carbocycles. The third-order valence-corrected chi connectivity index (χ3v) is 2.65. The summed E-state index contributed by atoms with van der Waals surface area (Å²) in [6, 6.07) is 4.68. The van der Waals surface area contributed by atoms with Gasteiger partial charge in [-0.2, -0.15) is 0 Å². The summed E-state index contributed by atoms with van der Waals surface area (Å²) in [6.45, 7) is 1.63. The summed E-state index contributed by atoms with van der Waals surface area (Å²) < 4.78 is 15.3. The van der Waals surface area contributed by atoms with E-state index in [0.29, 0.717) is 11.3 Å². The lowest BCUT2D eigenvalue weighted by atomic mass is 10.1. The van der Waals surface area contributed by atoms with Gasteiger partial charge in [0.05, 0.1) is 19.8 Å². The molecule has 0 saturated carbocycles. The molecule has 2 rings (SSSR count). The monoisotopic (exact) mass is 291 g/mol. The third kappa shape index (κ3) is 3.16. The molecule has 0 fully saturated rings. The van der Waals surface area contributed by atoms with Crippen LogP contribution in [-0.4, -0.2) is 40.2 Å². The molecule has 0 radical (unpaired) electrons. The van der Waals surface area contributed by atoms with E-state index in [4.69, 9.17) is 19.3 Å². The maximum atomic E-state index is 11.1. The van der Waals surface area contributed by atoms with Gasteiger partial charge in [0.25, 0.3) is 0 Å². The lowest BCUT2D eigenvalue weighted by Crippen LogP contribution is -2.04. The highest BCUT2D eigenvalue weighted by molar-refractivity contribution is 5.90. The van der Waals surface area contributed by atoms with E-state index in [1.807, 2.05) is 0 Å². The predicted octanol–water partition coefficient (Wildman–Crippen LogP) is 1.69. The standard InChI is InChI=1S/C13H13N3O5/c1-7-8(10(17)18)5-4-6-9(7)21-13-15-11(19-2)14-12(16-13)20-3/h4-6H,1-3H3,(H,17,18). The molecule has 2 aromatic rings. The molecule has 1 heterocycles. The maximum Gasteiger partial charge on any atom is 0.336 e. The van der Waals surface area contributed by atoms with Crippen LogP contribution in [0.25, 0.3) is 0 Å². The first-order valence-corrected chi connectivity index (χ1v) is 5.90. The Hall–Kier alpha value is -2.90. The van der Waals surface area contributed by atoms with E-state index >= 15 is 0 Å². The van der Waals surface area contributed by atoms with Crippen molar-refractivity contribution in [3.8, 4) is 23.8 Å². The number of methoxy groups -OCH3 is 2. The number of aromatic carboxylic acids is 1. The van der Waals surface area contributed by atoms with Crippen LogP contribution in [0.5, 0.6) is 23.8 Å². The Morgan fingerprint density at radius 1 is 1.05 bits per heavy atom. The van der Waals surface area contributed by atoms with Gasteiger partial charge in [0, 0.05) is 5.56 Å². The van der Waals surface area contributed by atoms with Gasteiger partial charge in [0.1, 0.15) is 5.75 Å². The molecule has 21 heavy (non-hydrogen) atoms. The van der Waals surface area contributed by atoms with Crippen LogP contribution in [0.2, 0.25) is 0 Å².